The summed E-state index contributed by atoms with van der Waals surface area (Å²) in [5, 5.41) is 7.98. The highest BCUT2D eigenvalue weighted by molar-refractivity contribution is 14.0. The molecule has 1 heterocycles. The van der Waals surface area contributed by atoms with Gasteiger partial charge in [0.05, 0.1) is 0 Å². The highest BCUT2D eigenvalue weighted by Crippen LogP contribution is 2.47. The van der Waals surface area contributed by atoms with E-state index in [2.05, 4.69) is 46.5 Å². The highest BCUT2D eigenvalue weighted by Gasteiger charge is 2.44. The topological polar surface area (TPSA) is 39.7 Å². The lowest BCUT2D eigenvalue weighted by molar-refractivity contribution is 0.167. The maximum absolute atomic E-state index is 6.02. The fraction of sp³-hybridized carbons (Fsp3) is 0.650. The maximum Gasteiger partial charge on any atom is 0.191 e. The van der Waals surface area contributed by atoms with Crippen LogP contribution in [0.4, 0.5) is 0 Å². The van der Waals surface area contributed by atoms with E-state index < -0.39 is 0 Å². The molecule has 1 aliphatic heterocycles. The van der Waals surface area contributed by atoms with Gasteiger partial charge in [0.15, 0.2) is 5.96 Å². The van der Waals surface area contributed by atoms with Crippen molar-refractivity contribution in [2.24, 2.45) is 4.99 Å². The lowest BCUT2D eigenvalue weighted by Crippen LogP contribution is -2.50. The first-order valence-electron chi connectivity index (χ1n) is 9.50. The maximum atomic E-state index is 6.02. The summed E-state index contributed by atoms with van der Waals surface area (Å²) in [7, 11) is 1.86. The molecule has 0 atom stereocenters. The van der Waals surface area contributed by atoms with Gasteiger partial charge in [-0.3, -0.25) is 4.99 Å². The number of piperidine rings is 1. The standard InChI is InChI=1S/C20H31ClN4.HI/c1-15(2)25-12-8-18(9-13-25)24-19(22-3)23-14-20(10-11-20)16-4-6-17(21)7-5-16;/h4-7,15,18H,8-14H2,1-3H3,(H2,22,23,24);1H. The van der Waals surface area contributed by atoms with E-state index in [9.17, 15) is 0 Å². The van der Waals surface area contributed by atoms with Gasteiger partial charge in [0.2, 0.25) is 0 Å². The number of hydrogen-bond acceptors (Lipinski definition) is 2. The Balaban J connectivity index is 0.00000243. The molecule has 1 aromatic rings. The number of nitrogens with one attached hydrogen (secondary N) is 2. The van der Waals surface area contributed by atoms with Crippen LogP contribution in [-0.2, 0) is 5.41 Å². The Labute approximate surface area is 180 Å². The number of likely N-dealkylation sites (tertiary alicyclic amines) is 1. The van der Waals surface area contributed by atoms with Gasteiger partial charge >= 0.3 is 0 Å². The summed E-state index contributed by atoms with van der Waals surface area (Å²) in [6, 6.07) is 9.47. The van der Waals surface area contributed by atoms with E-state index >= 15 is 0 Å². The molecule has 0 bridgehead atoms. The summed E-state index contributed by atoms with van der Waals surface area (Å²) in [6.07, 6.45) is 4.82. The minimum absolute atomic E-state index is 0. The van der Waals surface area contributed by atoms with E-state index in [1.165, 1.54) is 44.3 Å². The summed E-state index contributed by atoms with van der Waals surface area (Å²) < 4.78 is 0. The van der Waals surface area contributed by atoms with Crippen LogP contribution in [-0.4, -0.2) is 49.6 Å². The molecule has 1 saturated carbocycles. The summed E-state index contributed by atoms with van der Waals surface area (Å²) in [6.45, 7) is 7.82. The van der Waals surface area contributed by atoms with Crippen molar-refractivity contribution in [1.82, 2.24) is 15.5 Å². The van der Waals surface area contributed by atoms with Crippen LogP contribution in [0.2, 0.25) is 5.02 Å². The number of aliphatic imine (C=N–C) groups is 1. The second-order valence-electron chi connectivity index (χ2n) is 7.76. The smallest absolute Gasteiger partial charge is 0.191 e. The molecule has 1 aliphatic carbocycles. The molecule has 2 N–H and O–H groups in total. The van der Waals surface area contributed by atoms with Crippen LogP contribution in [0.1, 0.15) is 45.1 Å². The lowest BCUT2D eigenvalue weighted by atomic mass is 9.96. The van der Waals surface area contributed by atoms with Gasteiger partial charge in [0, 0.05) is 49.2 Å². The van der Waals surface area contributed by atoms with Crippen molar-refractivity contribution in [1.29, 1.82) is 0 Å². The molecule has 6 heteroatoms. The lowest BCUT2D eigenvalue weighted by Gasteiger charge is -2.35. The number of guanidine groups is 1. The van der Waals surface area contributed by atoms with Gasteiger partial charge in [-0.2, -0.15) is 0 Å². The Kier molecular flexibility index (Phi) is 8.04. The molecule has 146 valence electrons. The van der Waals surface area contributed by atoms with E-state index in [-0.39, 0.29) is 29.4 Å². The zero-order valence-corrected chi connectivity index (χ0v) is 19.2. The minimum atomic E-state index is 0. The predicted octanol–water partition coefficient (Wildman–Crippen LogP) is 4.03. The van der Waals surface area contributed by atoms with E-state index in [0.717, 1.165) is 17.5 Å². The molecule has 0 spiro atoms. The molecular formula is C20H32ClIN4. The van der Waals surface area contributed by atoms with Crippen LogP contribution in [0.3, 0.4) is 0 Å². The van der Waals surface area contributed by atoms with Crippen LogP contribution in [0.15, 0.2) is 29.3 Å². The van der Waals surface area contributed by atoms with Crippen molar-refractivity contribution in [3.05, 3.63) is 34.9 Å². The second-order valence-corrected chi connectivity index (χ2v) is 8.20. The van der Waals surface area contributed by atoms with Crippen molar-refractivity contribution >= 4 is 41.5 Å². The predicted molar refractivity (Wildman–Crippen MR) is 122 cm³/mol. The van der Waals surface area contributed by atoms with Crippen molar-refractivity contribution in [3.8, 4) is 0 Å². The Bertz CT molecular complexity index is 590. The number of nitrogens with zero attached hydrogens (tertiary/aromatic N) is 2. The molecule has 0 unspecified atom stereocenters. The van der Waals surface area contributed by atoms with Crippen LogP contribution >= 0.6 is 35.6 Å². The molecule has 4 nitrogen and oxygen atoms in total. The van der Waals surface area contributed by atoms with E-state index in [1.54, 1.807) is 0 Å². The van der Waals surface area contributed by atoms with Crippen molar-refractivity contribution in [2.45, 2.75) is 57.0 Å². The Morgan fingerprint density at radius 1 is 1.23 bits per heavy atom. The van der Waals surface area contributed by atoms with Gasteiger partial charge < -0.3 is 15.5 Å². The monoisotopic (exact) mass is 490 g/mol. The van der Waals surface area contributed by atoms with Crippen LogP contribution in [0.5, 0.6) is 0 Å². The Morgan fingerprint density at radius 2 is 1.85 bits per heavy atom. The van der Waals surface area contributed by atoms with E-state index in [4.69, 9.17) is 11.6 Å². The zero-order chi connectivity index (χ0) is 17.9. The molecule has 2 aliphatic rings. The fourth-order valence-electron chi connectivity index (χ4n) is 3.72. The SMILES string of the molecule is CN=C(NCC1(c2ccc(Cl)cc2)CC1)NC1CCN(C(C)C)CC1.I. The summed E-state index contributed by atoms with van der Waals surface area (Å²) in [5.41, 5.74) is 1.63. The van der Waals surface area contributed by atoms with Gasteiger partial charge in [0.25, 0.3) is 0 Å². The molecule has 0 radical (unpaired) electrons. The van der Waals surface area contributed by atoms with Gasteiger partial charge in [-0.05, 0) is 57.2 Å². The molecule has 3 rings (SSSR count). The number of halogens is 2. The molecule has 1 saturated heterocycles. The third-order valence-corrected chi connectivity index (χ3v) is 5.98. The zero-order valence-electron chi connectivity index (χ0n) is 16.1. The van der Waals surface area contributed by atoms with Crippen molar-refractivity contribution in [2.75, 3.05) is 26.7 Å². The molecule has 0 aromatic heterocycles. The first-order chi connectivity index (χ1) is 12.0. The number of rotatable bonds is 5. The van der Waals surface area contributed by atoms with Gasteiger partial charge in [-0.25, -0.2) is 0 Å². The Hall–Kier alpha value is -0.530. The largest absolute Gasteiger partial charge is 0.356 e. The summed E-state index contributed by atoms with van der Waals surface area (Å²) >= 11 is 6.02. The van der Waals surface area contributed by atoms with Crippen LogP contribution in [0.25, 0.3) is 0 Å². The van der Waals surface area contributed by atoms with Crippen LogP contribution in [0, 0.1) is 0 Å². The minimum Gasteiger partial charge on any atom is -0.356 e. The average Bonchev–Trinajstić information content (AvgIpc) is 3.40. The second kappa shape index (κ2) is 9.60. The average molecular weight is 491 g/mol. The molecule has 0 amide bonds. The van der Waals surface area contributed by atoms with Gasteiger partial charge in [0.1, 0.15) is 0 Å². The van der Waals surface area contributed by atoms with E-state index in [0.29, 0.717) is 12.1 Å². The van der Waals surface area contributed by atoms with Gasteiger partial charge in [-0.1, -0.05) is 23.7 Å². The van der Waals surface area contributed by atoms with Gasteiger partial charge in [-0.15, -0.1) is 24.0 Å². The van der Waals surface area contributed by atoms with Crippen LogP contribution < -0.4 is 10.6 Å². The summed E-state index contributed by atoms with van der Waals surface area (Å²) in [4.78, 5) is 6.98. The van der Waals surface area contributed by atoms with E-state index in [1.807, 2.05) is 19.2 Å². The molecular weight excluding hydrogens is 459 g/mol. The molecule has 26 heavy (non-hydrogen) atoms. The molecule has 1 aromatic carbocycles. The molecule has 2 fully saturated rings. The Morgan fingerprint density at radius 3 is 2.35 bits per heavy atom. The number of benzene rings is 1. The summed E-state index contributed by atoms with van der Waals surface area (Å²) in [5.74, 6) is 0.934. The highest BCUT2D eigenvalue weighted by atomic mass is 127. The quantitative estimate of drug-likeness (QED) is 0.372. The number of hydrogen-bond donors (Lipinski definition) is 2. The first kappa shape index (κ1) is 21.8. The van der Waals surface area contributed by atoms with Crippen molar-refractivity contribution < 1.29 is 0 Å². The third-order valence-electron chi connectivity index (χ3n) is 5.73. The normalized spacial score (nSPS) is 20.6. The fourth-order valence-corrected chi connectivity index (χ4v) is 3.85. The van der Waals surface area contributed by atoms with Crippen molar-refractivity contribution in [3.63, 3.8) is 0 Å². The third kappa shape index (κ3) is 5.49. The first-order valence-corrected chi connectivity index (χ1v) is 9.87.